The van der Waals surface area contributed by atoms with Gasteiger partial charge in [-0.2, -0.15) is 0 Å². The molecule has 6 rings (SSSR count). The molecule has 0 unspecified atom stereocenters. The Balaban J connectivity index is 1.33. The lowest BCUT2D eigenvalue weighted by molar-refractivity contribution is 0.0699. The van der Waals surface area contributed by atoms with Crippen LogP contribution in [0.3, 0.4) is 0 Å². The number of amides is 1. The number of nitrogens with one attached hydrogen (secondary N) is 2. The van der Waals surface area contributed by atoms with Crippen molar-refractivity contribution in [3.8, 4) is 22.9 Å². The van der Waals surface area contributed by atoms with Gasteiger partial charge in [0.1, 0.15) is 0 Å². The molecular formula is C28H28FN5O3. The summed E-state index contributed by atoms with van der Waals surface area (Å²) in [5.41, 5.74) is 3.58. The Morgan fingerprint density at radius 2 is 1.86 bits per heavy atom. The Bertz CT molecular complexity index is 1410. The van der Waals surface area contributed by atoms with Crippen LogP contribution in [0, 0.1) is 11.7 Å². The Hall–Kier alpha value is -3.98. The molecule has 0 bridgehead atoms. The SMILES string of the molecule is O=C(NC1CC1)c1ccc(-c2cnc3c(NCC4CCOCC4)cc(Oc4ccccc4F)nn23)cc1. The van der Waals surface area contributed by atoms with Gasteiger partial charge in [-0.25, -0.2) is 13.9 Å². The summed E-state index contributed by atoms with van der Waals surface area (Å²) in [5.74, 6) is 0.295. The summed E-state index contributed by atoms with van der Waals surface area (Å²) < 4.78 is 27.4. The fraction of sp³-hybridized carbons (Fsp3) is 0.321. The zero-order chi connectivity index (χ0) is 25.2. The van der Waals surface area contributed by atoms with E-state index in [-0.39, 0.29) is 17.5 Å². The molecular weight excluding hydrogens is 473 g/mol. The molecule has 2 aliphatic rings. The number of hydrogen-bond acceptors (Lipinski definition) is 6. The van der Waals surface area contributed by atoms with Crippen LogP contribution in [-0.2, 0) is 4.74 Å². The molecule has 1 amide bonds. The highest BCUT2D eigenvalue weighted by Crippen LogP contribution is 2.30. The third-order valence-electron chi connectivity index (χ3n) is 6.77. The van der Waals surface area contributed by atoms with Crippen LogP contribution in [0.15, 0.2) is 60.8 Å². The van der Waals surface area contributed by atoms with Gasteiger partial charge < -0.3 is 20.1 Å². The van der Waals surface area contributed by atoms with Crippen LogP contribution in [-0.4, -0.2) is 46.3 Å². The molecule has 9 heteroatoms. The van der Waals surface area contributed by atoms with Crippen LogP contribution < -0.4 is 15.4 Å². The number of halogens is 1. The van der Waals surface area contributed by atoms with E-state index in [0.717, 1.165) is 62.4 Å². The van der Waals surface area contributed by atoms with Crippen molar-refractivity contribution in [2.45, 2.75) is 31.7 Å². The smallest absolute Gasteiger partial charge is 0.251 e. The molecule has 3 heterocycles. The fourth-order valence-electron chi connectivity index (χ4n) is 4.46. The molecule has 0 spiro atoms. The first-order chi connectivity index (χ1) is 18.1. The van der Waals surface area contributed by atoms with Crippen LogP contribution in [0.4, 0.5) is 10.1 Å². The summed E-state index contributed by atoms with van der Waals surface area (Å²) >= 11 is 0. The van der Waals surface area contributed by atoms with Gasteiger partial charge in [-0.1, -0.05) is 24.3 Å². The van der Waals surface area contributed by atoms with Gasteiger partial charge in [-0.15, -0.1) is 5.10 Å². The first-order valence-corrected chi connectivity index (χ1v) is 12.7. The van der Waals surface area contributed by atoms with Crippen molar-refractivity contribution >= 4 is 17.2 Å². The lowest BCUT2D eigenvalue weighted by Crippen LogP contribution is -2.25. The number of anilines is 1. The molecule has 0 atom stereocenters. The van der Waals surface area contributed by atoms with Gasteiger partial charge >= 0.3 is 0 Å². The minimum atomic E-state index is -0.466. The van der Waals surface area contributed by atoms with E-state index in [0.29, 0.717) is 23.2 Å². The Kier molecular flexibility index (Phi) is 6.44. The fourth-order valence-corrected chi connectivity index (χ4v) is 4.46. The van der Waals surface area contributed by atoms with E-state index in [9.17, 15) is 9.18 Å². The average Bonchev–Trinajstić information content (AvgIpc) is 3.64. The number of hydrogen-bond donors (Lipinski definition) is 2. The number of imidazole rings is 1. The van der Waals surface area contributed by atoms with E-state index < -0.39 is 5.82 Å². The summed E-state index contributed by atoms with van der Waals surface area (Å²) in [6.07, 6.45) is 5.81. The number of benzene rings is 2. The number of aromatic nitrogens is 3. The molecule has 0 radical (unpaired) electrons. The maximum absolute atomic E-state index is 14.3. The van der Waals surface area contributed by atoms with Gasteiger partial charge in [-0.3, -0.25) is 4.79 Å². The molecule has 1 aliphatic heterocycles. The lowest BCUT2D eigenvalue weighted by Gasteiger charge is -2.22. The first kappa shape index (κ1) is 23.4. The second-order valence-electron chi connectivity index (χ2n) is 9.57. The highest BCUT2D eigenvalue weighted by molar-refractivity contribution is 5.95. The van der Waals surface area contributed by atoms with E-state index in [4.69, 9.17) is 9.47 Å². The maximum Gasteiger partial charge on any atom is 0.251 e. The molecule has 2 aromatic heterocycles. The summed E-state index contributed by atoms with van der Waals surface area (Å²) in [6.45, 7) is 2.29. The van der Waals surface area contributed by atoms with Crippen LogP contribution in [0.2, 0.25) is 0 Å². The maximum atomic E-state index is 14.3. The molecule has 1 saturated heterocycles. The zero-order valence-corrected chi connectivity index (χ0v) is 20.3. The average molecular weight is 502 g/mol. The van der Waals surface area contributed by atoms with Crippen LogP contribution >= 0.6 is 0 Å². The number of ether oxygens (including phenoxy) is 2. The normalized spacial score (nSPS) is 16.0. The summed E-state index contributed by atoms with van der Waals surface area (Å²) in [5, 5.41) is 11.1. The van der Waals surface area contributed by atoms with Gasteiger partial charge in [0.2, 0.25) is 5.88 Å². The predicted octanol–water partition coefficient (Wildman–Crippen LogP) is 5.06. The Morgan fingerprint density at radius 1 is 1.08 bits per heavy atom. The monoisotopic (exact) mass is 501 g/mol. The number of nitrogens with zero attached hydrogens (tertiary/aromatic N) is 3. The third kappa shape index (κ3) is 5.27. The topological polar surface area (TPSA) is 89.8 Å². The van der Waals surface area contributed by atoms with E-state index in [1.54, 1.807) is 47.1 Å². The second-order valence-corrected chi connectivity index (χ2v) is 9.57. The van der Waals surface area contributed by atoms with Gasteiger partial charge in [-0.05, 0) is 55.9 Å². The van der Waals surface area contributed by atoms with Crippen molar-refractivity contribution in [1.82, 2.24) is 19.9 Å². The van der Waals surface area contributed by atoms with Crippen molar-refractivity contribution < 1.29 is 18.7 Å². The van der Waals surface area contributed by atoms with Crippen LogP contribution in [0.25, 0.3) is 16.9 Å². The van der Waals surface area contributed by atoms with Crippen LogP contribution in [0.5, 0.6) is 11.6 Å². The molecule has 1 saturated carbocycles. The number of carbonyl (C=O) groups is 1. The van der Waals surface area contributed by atoms with Crippen molar-refractivity contribution in [1.29, 1.82) is 0 Å². The first-order valence-electron chi connectivity index (χ1n) is 12.7. The zero-order valence-electron chi connectivity index (χ0n) is 20.3. The lowest BCUT2D eigenvalue weighted by atomic mass is 10.0. The van der Waals surface area contributed by atoms with Crippen molar-refractivity contribution in [3.63, 3.8) is 0 Å². The molecule has 2 fully saturated rings. The van der Waals surface area contributed by atoms with Gasteiger partial charge in [0.05, 0.1) is 17.6 Å². The Labute approximate surface area is 213 Å². The number of carbonyl (C=O) groups excluding carboxylic acids is 1. The van der Waals surface area contributed by atoms with Crippen molar-refractivity contribution in [2.75, 3.05) is 25.1 Å². The molecule has 2 aromatic carbocycles. The predicted molar refractivity (Wildman–Crippen MR) is 137 cm³/mol. The highest BCUT2D eigenvalue weighted by atomic mass is 19.1. The van der Waals surface area contributed by atoms with Crippen molar-refractivity contribution in [3.05, 3.63) is 72.2 Å². The van der Waals surface area contributed by atoms with E-state index >= 15 is 0 Å². The standard InChI is InChI=1S/C28H28FN5O3/c29-22-3-1-2-4-25(22)37-26-15-23(30-16-18-11-13-36-14-12-18)27-31-17-24(34(27)33-26)19-5-7-20(8-6-19)28(35)32-21-9-10-21/h1-8,15,17-18,21,30H,9-14,16H2,(H,32,35). The minimum absolute atomic E-state index is 0.0644. The molecule has 190 valence electrons. The Morgan fingerprint density at radius 3 is 2.62 bits per heavy atom. The van der Waals surface area contributed by atoms with E-state index in [1.165, 1.54) is 6.07 Å². The highest BCUT2D eigenvalue weighted by Gasteiger charge is 2.24. The van der Waals surface area contributed by atoms with Gasteiger partial charge in [0.15, 0.2) is 17.2 Å². The number of fused-ring (bicyclic) bond motifs is 1. The molecule has 4 aromatic rings. The largest absolute Gasteiger partial charge is 0.434 e. The van der Waals surface area contributed by atoms with Gasteiger partial charge in [0.25, 0.3) is 5.91 Å². The molecule has 37 heavy (non-hydrogen) atoms. The molecule has 2 N–H and O–H groups in total. The quantitative estimate of drug-likeness (QED) is 0.351. The number of rotatable bonds is 8. The van der Waals surface area contributed by atoms with Crippen LogP contribution in [0.1, 0.15) is 36.0 Å². The number of para-hydroxylation sites is 1. The molecule has 8 nitrogen and oxygen atoms in total. The van der Waals surface area contributed by atoms with Gasteiger partial charge in [0, 0.05) is 43.0 Å². The minimum Gasteiger partial charge on any atom is -0.434 e. The summed E-state index contributed by atoms with van der Waals surface area (Å²) in [6, 6.07) is 15.7. The molecule has 1 aliphatic carbocycles. The van der Waals surface area contributed by atoms with E-state index in [1.807, 2.05) is 12.1 Å². The third-order valence-corrected chi connectivity index (χ3v) is 6.77. The van der Waals surface area contributed by atoms with E-state index in [2.05, 4.69) is 20.7 Å². The summed E-state index contributed by atoms with van der Waals surface area (Å²) in [4.78, 5) is 17.0. The summed E-state index contributed by atoms with van der Waals surface area (Å²) in [7, 11) is 0. The second kappa shape index (κ2) is 10.2. The van der Waals surface area contributed by atoms with Crippen molar-refractivity contribution in [2.24, 2.45) is 5.92 Å².